The molecule has 1 N–H and O–H groups in total. The molecule has 6 nitrogen and oxygen atoms in total. The second-order valence-electron chi connectivity index (χ2n) is 4.52. The number of benzene rings is 1. The zero-order valence-electron chi connectivity index (χ0n) is 11.4. The molecule has 1 fully saturated rings. The molecule has 1 aliphatic heterocycles. The van der Waals surface area contributed by atoms with Gasteiger partial charge in [0, 0.05) is 44.4 Å². The first-order valence-electron chi connectivity index (χ1n) is 6.28. The topological polar surface area (TPSA) is 82.2 Å². The Balaban J connectivity index is 0.00000200. The lowest BCUT2D eigenvalue weighted by Crippen LogP contribution is -2.45. The number of non-ortho nitro benzene ring substituents is 1. The normalized spacial score (nSPS) is 16.0. The van der Waals surface area contributed by atoms with Crippen LogP contribution in [0.25, 0.3) is 0 Å². The van der Waals surface area contributed by atoms with Crippen LogP contribution in [0.15, 0.2) is 24.3 Å². The molecule has 0 spiro atoms. The van der Waals surface area contributed by atoms with Gasteiger partial charge >= 0.3 is 0 Å². The summed E-state index contributed by atoms with van der Waals surface area (Å²) in [5.74, 6) is 0. The molecule has 0 unspecified atom stereocenters. The number of hydrogen-bond acceptors (Lipinski definition) is 5. The lowest BCUT2D eigenvalue weighted by Gasteiger charge is -2.33. The van der Waals surface area contributed by atoms with Crippen LogP contribution in [0, 0.1) is 21.4 Å². The Labute approximate surface area is 136 Å². The average Bonchev–Trinajstić information content (AvgIpc) is 2.46. The lowest BCUT2D eigenvalue weighted by molar-refractivity contribution is -0.385. The summed E-state index contributed by atoms with van der Waals surface area (Å²) in [4.78, 5) is 12.6. The van der Waals surface area contributed by atoms with E-state index >= 15 is 0 Å². The summed E-state index contributed by atoms with van der Waals surface area (Å²) >= 11 is 0. The summed E-state index contributed by atoms with van der Waals surface area (Å²) in [6.45, 7) is 3.48. The summed E-state index contributed by atoms with van der Waals surface area (Å²) in [5, 5.41) is 23.1. The largest absolute Gasteiger partial charge is 0.314 e. The van der Waals surface area contributed by atoms with Crippen molar-refractivity contribution in [2.75, 3.05) is 26.2 Å². The number of nitrogens with zero attached hydrogens (tertiary/aromatic N) is 3. The van der Waals surface area contributed by atoms with Crippen LogP contribution in [-0.2, 0) is 0 Å². The van der Waals surface area contributed by atoms with E-state index in [9.17, 15) is 10.1 Å². The monoisotopic (exact) mass is 332 g/mol. The molecule has 0 saturated carbocycles. The molecule has 0 aromatic heterocycles. The van der Waals surface area contributed by atoms with E-state index in [-0.39, 0.29) is 36.5 Å². The van der Waals surface area contributed by atoms with Crippen molar-refractivity contribution < 1.29 is 4.92 Å². The van der Waals surface area contributed by atoms with Crippen molar-refractivity contribution >= 4 is 30.5 Å². The van der Waals surface area contributed by atoms with E-state index < -0.39 is 4.92 Å². The van der Waals surface area contributed by atoms with Gasteiger partial charge < -0.3 is 5.32 Å². The summed E-state index contributed by atoms with van der Waals surface area (Å²) < 4.78 is 0. The number of nitro benzene ring substituents is 1. The molecule has 1 atom stereocenters. The van der Waals surface area contributed by atoms with Crippen molar-refractivity contribution in [3.8, 4) is 6.07 Å². The molecule has 1 aromatic carbocycles. The van der Waals surface area contributed by atoms with Crippen molar-refractivity contribution in [2.45, 2.75) is 12.5 Å². The molecule has 1 aromatic rings. The Morgan fingerprint density at radius 1 is 1.38 bits per heavy atom. The van der Waals surface area contributed by atoms with E-state index in [2.05, 4.69) is 16.3 Å². The molecule has 0 amide bonds. The third kappa shape index (κ3) is 5.14. The first-order chi connectivity index (χ1) is 9.22. The molecule has 1 saturated heterocycles. The lowest BCUT2D eigenvalue weighted by atomic mass is 10.0. The predicted octanol–water partition coefficient (Wildman–Crippen LogP) is 2.30. The van der Waals surface area contributed by atoms with Crippen molar-refractivity contribution in [1.82, 2.24) is 10.2 Å². The number of nitro groups is 1. The van der Waals surface area contributed by atoms with Crippen LogP contribution in [0.4, 0.5) is 5.69 Å². The first-order valence-corrected chi connectivity index (χ1v) is 6.28. The van der Waals surface area contributed by atoms with E-state index in [1.807, 2.05) is 6.07 Å². The second kappa shape index (κ2) is 9.53. The van der Waals surface area contributed by atoms with Gasteiger partial charge in [-0.05, 0) is 5.56 Å². The molecule has 8 heteroatoms. The highest BCUT2D eigenvalue weighted by Gasteiger charge is 2.23. The van der Waals surface area contributed by atoms with Gasteiger partial charge in [-0.1, -0.05) is 12.1 Å². The predicted molar refractivity (Wildman–Crippen MR) is 85.0 cm³/mol. The minimum absolute atomic E-state index is 0. The smallest absolute Gasteiger partial charge is 0.269 e. The number of piperazine rings is 1. The number of nitrogens with one attached hydrogen (secondary N) is 1. The van der Waals surface area contributed by atoms with Crippen LogP contribution >= 0.6 is 24.8 Å². The maximum atomic E-state index is 10.8. The Hall–Kier alpha value is -1.39. The molecule has 21 heavy (non-hydrogen) atoms. The molecular weight excluding hydrogens is 315 g/mol. The fourth-order valence-corrected chi connectivity index (χ4v) is 2.38. The van der Waals surface area contributed by atoms with Crippen LogP contribution in [0.1, 0.15) is 18.0 Å². The minimum atomic E-state index is -0.398. The zero-order valence-corrected chi connectivity index (χ0v) is 13.0. The van der Waals surface area contributed by atoms with E-state index in [1.54, 1.807) is 12.1 Å². The molecule has 0 aliphatic carbocycles. The van der Waals surface area contributed by atoms with Crippen molar-refractivity contribution in [3.05, 3.63) is 39.9 Å². The van der Waals surface area contributed by atoms with E-state index in [0.717, 1.165) is 31.7 Å². The maximum absolute atomic E-state index is 10.8. The third-order valence-corrected chi connectivity index (χ3v) is 3.34. The van der Waals surface area contributed by atoms with Gasteiger partial charge in [0.1, 0.15) is 0 Å². The Morgan fingerprint density at radius 2 is 2.05 bits per heavy atom. The van der Waals surface area contributed by atoms with Gasteiger partial charge in [0.05, 0.1) is 17.4 Å². The van der Waals surface area contributed by atoms with Gasteiger partial charge in [0.15, 0.2) is 0 Å². The number of hydrogen-bond donors (Lipinski definition) is 1. The Morgan fingerprint density at radius 3 is 2.62 bits per heavy atom. The van der Waals surface area contributed by atoms with Crippen molar-refractivity contribution in [3.63, 3.8) is 0 Å². The summed E-state index contributed by atoms with van der Waals surface area (Å²) in [7, 11) is 0. The molecule has 1 aliphatic rings. The SMILES string of the molecule is Cl.Cl.N#CC[C@@H](c1cccc([N+](=O)[O-])c1)N1CCNCC1. The Bertz CT molecular complexity index is 501. The highest BCUT2D eigenvalue weighted by Crippen LogP contribution is 2.27. The molecule has 0 radical (unpaired) electrons. The fraction of sp³-hybridized carbons (Fsp3) is 0.462. The summed E-state index contributed by atoms with van der Waals surface area (Å²) in [6.07, 6.45) is 0.348. The highest BCUT2D eigenvalue weighted by molar-refractivity contribution is 5.85. The highest BCUT2D eigenvalue weighted by atomic mass is 35.5. The molecule has 116 valence electrons. The number of nitriles is 1. The van der Waals surface area contributed by atoms with Crippen LogP contribution in [-0.4, -0.2) is 36.0 Å². The number of halogens is 2. The van der Waals surface area contributed by atoms with Gasteiger partial charge in [-0.3, -0.25) is 15.0 Å². The molecule has 2 rings (SSSR count). The van der Waals surface area contributed by atoms with Crippen LogP contribution in [0.2, 0.25) is 0 Å². The van der Waals surface area contributed by atoms with Crippen molar-refractivity contribution in [1.29, 1.82) is 5.26 Å². The van der Waals surface area contributed by atoms with Gasteiger partial charge in [-0.2, -0.15) is 5.26 Å². The summed E-state index contributed by atoms with van der Waals surface area (Å²) in [5.41, 5.74) is 0.924. The third-order valence-electron chi connectivity index (χ3n) is 3.34. The van der Waals surface area contributed by atoms with E-state index in [1.165, 1.54) is 6.07 Å². The fourth-order valence-electron chi connectivity index (χ4n) is 2.38. The zero-order chi connectivity index (χ0) is 13.7. The maximum Gasteiger partial charge on any atom is 0.269 e. The van der Waals surface area contributed by atoms with E-state index in [0.29, 0.717) is 6.42 Å². The van der Waals surface area contributed by atoms with Crippen LogP contribution < -0.4 is 5.32 Å². The molecule has 0 bridgehead atoms. The molecule has 1 heterocycles. The van der Waals surface area contributed by atoms with Gasteiger partial charge in [-0.15, -0.1) is 24.8 Å². The standard InChI is InChI=1S/C13H16N4O2.2ClH/c14-5-4-13(16-8-6-15-7-9-16)11-2-1-3-12(10-11)17(18)19;;/h1-3,10,13,15H,4,6-9H2;2*1H/t13-;;/m0../s1. The van der Waals surface area contributed by atoms with Gasteiger partial charge in [-0.25, -0.2) is 0 Å². The van der Waals surface area contributed by atoms with Crippen molar-refractivity contribution in [2.24, 2.45) is 0 Å². The van der Waals surface area contributed by atoms with Gasteiger partial charge in [0.25, 0.3) is 5.69 Å². The first kappa shape index (κ1) is 19.6. The Kier molecular flexibility index (Phi) is 8.90. The minimum Gasteiger partial charge on any atom is -0.314 e. The average molecular weight is 333 g/mol. The second-order valence-corrected chi connectivity index (χ2v) is 4.52. The summed E-state index contributed by atoms with van der Waals surface area (Å²) in [6, 6.07) is 8.71. The van der Waals surface area contributed by atoms with E-state index in [4.69, 9.17) is 5.26 Å². The quantitative estimate of drug-likeness (QED) is 0.675. The van der Waals surface area contributed by atoms with Gasteiger partial charge in [0.2, 0.25) is 0 Å². The van der Waals surface area contributed by atoms with Crippen LogP contribution in [0.5, 0.6) is 0 Å². The molecular formula is C13H18Cl2N4O2. The number of rotatable bonds is 4. The van der Waals surface area contributed by atoms with Crippen LogP contribution in [0.3, 0.4) is 0 Å².